The summed E-state index contributed by atoms with van der Waals surface area (Å²) in [5.41, 5.74) is 4.37. The first-order valence-corrected chi connectivity index (χ1v) is 6.67. The molecule has 3 N–H and O–H groups in total. The van der Waals surface area contributed by atoms with E-state index in [2.05, 4.69) is 0 Å². The van der Waals surface area contributed by atoms with Gasteiger partial charge in [0, 0.05) is 12.1 Å². The molecule has 0 amide bonds. The first kappa shape index (κ1) is 18.3. The van der Waals surface area contributed by atoms with E-state index in [0.717, 1.165) is 0 Å². The molecule has 0 unspecified atom stereocenters. The fourth-order valence-electron chi connectivity index (χ4n) is 2.21. The summed E-state index contributed by atoms with van der Waals surface area (Å²) in [4.78, 5) is 10.9. The van der Waals surface area contributed by atoms with E-state index >= 15 is 0 Å². The molecule has 1 aromatic rings. The minimum atomic E-state index is -2.21. The topological polar surface area (TPSA) is 63.3 Å². The number of benzene rings is 1. The molecule has 0 saturated carbocycles. The Morgan fingerprint density at radius 1 is 1.05 bits per heavy atom. The summed E-state index contributed by atoms with van der Waals surface area (Å²) in [6.07, 6.45) is -0.156. The average Bonchev–Trinajstić information content (AvgIpc) is 2.50. The Balaban J connectivity index is 3.09. The van der Waals surface area contributed by atoms with E-state index < -0.39 is 58.9 Å². The quantitative estimate of drug-likeness (QED) is 0.460. The molecule has 8 heteroatoms. The highest BCUT2D eigenvalue weighted by Crippen LogP contribution is 2.28. The van der Waals surface area contributed by atoms with E-state index in [1.165, 1.54) is 0 Å². The van der Waals surface area contributed by atoms with Gasteiger partial charge in [0.25, 0.3) is 0 Å². The zero-order valence-electron chi connectivity index (χ0n) is 11.8. The van der Waals surface area contributed by atoms with Crippen LogP contribution in [-0.4, -0.2) is 17.6 Å². The lowest BCUT2D eigenvalue weighted by Gasteiger charge is -2.19. The minimum absolute atomic E-state index is 0.0121. The molecular weight excluding hydrogens is 309 g/mol. The van der Waals surface area contributed by atoms with Crippen LogP contribution >= 0.6 is 0 Å². The number of nitrogens with two attached hydrogens (primary N) is 1. The van der Waals surface area contributed by atoms with Crippen molar-refractivity contribution >= 4 is 5.97 Å². The van der Waals surface area contributed by atoms with Crippen LogP contribution in [0.2, 0.25) is 0 Å². The Hall–Kier alpha value is -1.70. The van der Waals surface area contributed by atoms with E-state index in [-0.39, 0.29) is 13.0 Å². The number of halogens is 5. The fraction of sp³-hybridized carbons (Fsp3) is 0.500. The second-order valence-electron chi connectivity index (χ2n) is 5.03. The van der Waals surface area contributed by atoms with Crippen molar-refractivity contribution < 1.29 is 31.9 Å². The first-order valence-electron chi connectivity index (χ1n) is 6.67. The van der Waals surface area contributed by atoms with Crippen LogP contribution in [0.3, 0.4) is 0 Å². The van der Waals surface area contributed by atoms with Gasteiger partial charge < -0.3 is 10.8 Å². The predicted molar refractivity (Wildman–Crippen MR) is 68.5 cm³/mol. The summed E-state index contributed by atoms with van der Waals surface area (Å²) < 4.78 is 66.5. The lowest BCUT2D eigenvalue weighted by Crippen LogP contribution is -2.26. The van der Waals surface area contributed by atoms with E-state index in [9.17, 15) is 26.7 Å². The monoisotopic (exact) mass is 325 g/mol. The van der Waals surface area contributed by atoms with Crippen molar-refractivity contribution in [3.05, 3.63) is 34.6 Å². The lowest BCUT2D eigenvalue weighted by atomic mass is 9.87. The van der Waals surface area contributed by atoms with Crippen molar-refractivity contribution in [3.8, 4) is 0 Å². The van der Waals surface area contributed by atoms with Crippen LogP contribution in [0.1, 0.15) is 25.3 Å². The van der Waals surface area contributed by atoms with Crippen molar-refractivity contribution in [2.24, 2.45) is 17.6 Å². The largest absolute Gasteiger partial charge is 0.481 e. The number of carbonyl (C=O) groups is 1. The third-order valence-corrected chi connectivity index (χ3v) is 3.62. The zero-order valence-corrected chi connectivity index (χ0v) is 11.8. The number of carboxylic acid groups (broad SMARTS) is 1. The molecule has 3 nitrogen and oxygen atoms in total. The maximum Gasteiger partial charge on any atom is 0.307 e. The molecule has 0 aliphatic carbocycles. The molecule has 0 aliphatic rings. The third-order valence-electron chi connectivity index (χ3n) is 3.62. The zero-order chi connectivity index (χ0) is 17.0. The standard InChI is InChI=1S/C14H16F5NO2/c1-2-6(3-7(5-20)14(21)22)4-8-9(15)11(17)13(19)12(18)10(8)16/h6-7H,2-5,20H2,1H3,(H,21,22)/t6-,7-/m0/s1. The molecule has 0 spiro atoms. The van der Waals surface area contributed by atoms with Gasteiger partial charge in [-0.15, -0.1) is 0 Å². The summed E-state index contributed by atoms with van der Waals surface area (Å²) in [7, 11) is 0. The molecule has 124 valence electrons. The lowest BCUT2D eigenvalue weighted by molar-refractivity contribution is -0.142. The number of rotatable bonds is 7. The number of hydrogen-bond donors (Lipinski definition) is 2. The summed E-state index contributed by atoms with van der Waals surface area (Å²) in [5, 5.41) is 8.92. The molecule has 0 radical (unpaired) electrons. The summed E-state index contributed by atoms with van der Waals surface area (Å²) in [6.45, 7) is 1.45. The number of carboxylic acids is 1. The van der Waals surface area contributed by atoms with Gasteiger partial charge >= 0.3 is 5.97 Å². The molecule has 1 rings (SSSR count). The number of aliphatic carboxylic acids is 1. The Labute approximate surface area is 123 Å². The molecule has 2 atom stereocenters. The van der Waals surface area contributed by atoms with Gasteiger partial charge in [-0.2, -0.15) is 0 Å². The molecule has 0 saturated heterocycles. The predicted octanol–water partition coefficient (Wildman–Crippen LogP) is 3.00. The van der Waals surface area contributed by atoms with Crippen LogP contribution in [0.25, 0.3) is 0 Å². The minimum Gasteiger partial charge on any atom is -0.481 e. The van der Waals surface area contributed by atoms with Crippen molar-refractivity contribution in [1.29, 1.82) is 0 Å². The summed E-state index contributed by atoms with van der Waals surface area (Å²) >= 11 is 0. The molecular formula is C14H16F5NO2. The van der Waals surface area contributed by atoms with Gasteiger partial charge in [-0.3, -0.25) is 4.79 Å². The van der Waals surface area contributed by atoms with Crippen LogP contribution in [0.15, 0.2) is 0 Å². The van der Waals surface area contributed by atoms with Gasteiger partial charge in [-0.1, -0.05) is 13.3 Å². The normalized spacial score (nSPS) is 14.0. The van der Waals surface area contributed by atoms with Crippen LogP contribution in [0.5, 0.6) is 0 Å². The summed E-state index contributed by atoms with van der Waals surface area (Å²) in [5.74, 6) is -12.7. The second kappa shape index (κ2) is 7.53. The van der Waals surface area contributed by atoms with Crippen LogP contribution < -0.4 is 5.73 Å². The molecule has 0 heterocycles. The molecule has 22 heavy (non-hydrogen) atoms. The van der Waals surface area contributed by atoms with Gasteiger partial charge in [0.05, 0.1) is 5.92 Å². The second-order valence-corrected chi connectivity index (χ2v) is 5.03. The van der Waals surface area contributed by atoms with Crippen molar-refractivity contribution in [2.75, 3.05) is 6.54 Å². The van der Waals surface area contributed by atoms with Crippen LogP contribution in [0.4, 0.5) is 22.0 Å². The molecule has 1 aromatic carbocycles. The van der Waals surface area contributed by atoms with E-state index in [0.29, 0.717) is 6.42 Å². The van der Waals surface area contributed by atoms with Gasteiger partial charge in [0.1, 0.15) is 0 Å². The Bertz CT molecular complexity index is 536. The summed E-state index contributed by atoms with van der Waals surface area (Å²) in [6, 6.07) is 0. The molecule has 0 fully saturated rings. The van der Waals surface area contributed by atoms with E-state index in [1.54, 1.807) is 6.92 Å². The molecule has 0 aromatic heterocycles. The van der Waals surface area contributed by atoms with Gasteiger partial charge in [-0.05, 0) is 18.8 Å². The maximum absolute atomic E-state index is 13.6. The van der Waals surface area contributed by atoms with Gasteiger partial charge in [-0.25, -0.2) is 22.0 Å². The average molecular weight is 325 g/mol. The van der Waals surface area contributed by atoms with Gasteiger partial charge in [0.15, 0.2) is 23.3 Å². The third kappa shape index (κ3) is 3.73. The van der Waals surface area contributed by atoms with Gasteiger partial charge in [0.2, 0.25) is 5.82 Å². The number of hydrogen-bond acceptors (Lipinski definition) is 2. The van der Waals surface area contributed by atoms with Crippen molar-refractivity contribution in [1.82, 2.24) is 0 Å². The first-order chi connectivity index (χ1) is 10.2. The maximum atomic E-state index is 13.6. The Kier molecular flexibility index (Phi) is 6.28. The van der Waals surface area contributed by atoms with E-state index in [4.69, 9.17) is 10.8 Å². The highest BCUT2D eigenvalue weighted by Gasteiger charge is 2.28. The van der Waals surface area contributed by atoms with Crippen molar-refractivity contribution in [2.45, 2.75) is 26.2 Å². The SMILES string of the molecule is CC[C@H](Cc1c(F)c(F)c(F)c(F)c1F)C[C@@H](CN)C(=O)O. The highest BCUT2D eigenvalue weighted by molar-refractivity contribution is 5.70. The smallest absolute Gasteiger partial charge is 0.307 e. The van der Waals surface area contributed by atoms with E-state index in [1.807, 2.05) is 0 Å². The highest BCUT2D eigenvalue weighted by atomic mass is 19.2. The Morgan fingerprint density at radius 3 is 1.86 bits per heavy atom. The van der Waals surface area contributed by atoms with Crippen molar-refractivity contribution in [3.63, 3.8) is 0 Å². The molecule has 0 bridgehead atoms. The van der Waals surface area contributed by atoms with Crippen LogP contribution in [0, 0.1) is 40.9 Å². The fourth-order valence-corrected chi connectivity index (χ4v) is 2.21. The Morgan fingerprint density at radius 2 is 1.50 bits per heavy atom. The molecule has 0 aliphatic heterocycles. The van der Waals surface area contributed by atoms with Crippen LogP contribution in [-0.2, 0) is 11.2 Å².